The molecule has 1 unspecified atom stereocenters. The van der Waals surface area contributed by atoms with Crippen LogP contribution in [-0.2, 0) is 38.4 Å². The summed E-state index contributed by atoms with van der Waals surface area (Å²) in [5, 5.41) is 128. The van der Waals surface area contributed by atoms with Crippen LogP contribution in [0.5, 0.6) is 0 Å². The van der Waals surface area contributed by atoms with Gasteiger partial charge in [0.2, 0.25) is 0 Å². The Morgan fingerprint density at radius 3 is 0.865 bits per heavy atom. The molecule has 19 rings (SSSR count). The van der Waals surface area contributed by atoms with E-state index in [-0.39, 0.29) is 17.9 Å². The lowest BCUT2D eigenvalue weighted by atomic mass is 10.1. The van der Waals surface area contributed by atoms with Crippen molar-refractivity contribution in [2.45, 2.75) is 176 Å². The SMILES string of the molecule is C[C@@H](NC(=O)[C@H](O)[C@@H](O)C(=O)N1CCCC1c1nccs1)c1ccc(-n2cccn2)cc1.C[C@@H](NC(=O)[C@H](O)[C@@H](O)C(=O)N1CCC[C@@H]1c1ccn(-c2ccc(F)cc2)n1)c1ccc(-n2cccn2)cc1.C[C@@H](NC(=O)[C@H](O)[C@@H](O)C(=O)N1CCC[C@@H]1c1ccn(-c2cccc(F)c2)n1)c1ccc(-n2cccn2)cc1.C[C@@H](NC(=O)[C@H](O)[C@@H](O)C(=O)N1CCC[C@@H]1c1ccn(-c2ccccc2)n1)c1ccc(-n2cccn2)cc1. The highest BCUT2D eigenvalue weighted by atomic mass is 32.1. The van der Waals surface area contributed by atoms with Crippen molar-refractivity contribution >= 4 is 58.6 Å². The average molecular weight is 2040 g/mol. The largest absolute Gasteiger partial charge is 0.380 e. The van der Waals surface area contributed by atoms with Gasteiger partial charge < -0.3 is 81.7 Å². The van der Waals surface area contributed by atoms with Gasteiger partial charge in [0.25, 0.3) is 47.3 Å². The predicted molar refractivity (Wildman–Crippen MR) is 536 cm³/mol. The number of benzene rings is 7. The number of carbonyl (C=O) groups excluding carboxylic acids is 8. The zero-order chi connectivity index (χ0) is 104. The topological polar surface area (TPSA) is 497 Å². The van der Waals surface area contributed by atoms with Crippen molar-refractivity contribution in [2.75, 3.05) is 26.2 Å². The highest BCUT2D eigenvalue weighted by Gasteiger charge is 2.45. The second-order valence-corrected chi connectivity index (χ2v) is 37.1. The predicted octanol–water partition coefficient (Wildman–Crippen LogP) is 8.83. The Morgan fingerprint density at radius 1 is 0.297 bits per heavy atom. The monoisotopic (exact) mass is 2030 g/mol. The minimum Gasteiger partial charge on any atom is -0.380 e. The van der Waals surface area contributed by atoms with Crippen molar-refractivity contribution in [1.82, 2.24) is 114 Å². The number of aliphatic hydroxyl groups excluding tert-OH is 8. The Labute approximate surface area is 852 Å². The van der Waals surface area contributed by atoms with Gasteiger partial charge in [0.15, 0.2) is 48.8 Å². The van der Waals surface area contributed by atoms with Crippen LogP contribution in [0.1, 0.15) is 172 Å². The van der Waals surface area contributed by atoms with Gasteiger partial charge in [-0.2, -0.15) is 35.7 Å². The Bertz CT molecular complexity index is 6910. The summed E-state index contributed by atoms with van der Waals surface area (Å²) < 4.78 is 38.6. The van der Waals surface area contributed by atoms with Gasteiger partial charge in [-0.3, -0.25) is 38.4 Å². The van der Waals surface area contributed by atoms with Crippen LogP contribution in [-0.4, -0.2) is 256 Å². The Balaban J connectivity index is 0.000000141. The number of aliphatic hydroxyl groups is 8. The minimum absolute atomic E-state index is 0.236. The van der Waals surface area contributed by atoms with Crippen LogP contribution < -0.4 is 21.3 Å². The van der Waals surface area contributed by atoms with Gasteiger partial charge in [-0.25, -0.2) is 46.5 Å². The summed E-state index contributed by atoms with van der Waals surface area (Å²) in [6, 6.07) is 60.4. The molecule has 4 aliphatic rings. The third-order valence-corrected chi connectivity index (χ3v) is 27.2. The quantitative estimate of drug-likeness (QED) is 0.0193. The summed E-state index contributed by atoms with van der Waals surface area (Å²) in [6.45, 7) is 8.59. The Hall–Kier alpha value is -16.1. The van der Waals surface area contributed by atoms with E-state index in [2.05, 4.69) is 61.9 Å². The molecule has 0 spiro atoms. The molecular weight excluding hydrogens is 1920 g/mol. The summed E-state index contributed by atoms with van der Waals surface area (Å²) in [6.07, 6.45) is 11.1. The van der Waals surface area contributed by atoms with Crippen LogP contribution in [0.15, 0.2) is 298 Å². The van der Waals surface area contributed by atoms with Gasteiger partial charge in [0.1, 0.15) is 16.6 Å². The van der Waals surface area contributed by atoms with Crippen LogP contribution in [0.4, 0.5) is 8.78 Å². The molecular formula is C106H113F2N23O16S. The summed E-state index contributed by atoms with van der Waals surface area (Å²) in [5.74, 6) is -6.93. The number of likely N-dealkylation sites (tertiary alicyclic amines) is 4. The van der Waals surface area contributed by atoms with Gasteiger partial charge in [-0.05, 0) is 247 Å². The molecule has 0 aliphatic carbocycles. The van der Waals surface area contributed by atoms with Crippen LogP contribution in [0.25, 0.3) is 39.8 Å². The molecule has 0 radical (unpaired) electrons. The first-order valence-electron chi connectivity index (χ1n) is 48.4. The number of rotatable bonds is 31. The summed E-state index contributed by atoms with van der Waals surface area (Å²) >= 11 is 1.44. The van der Waals surface area contributed by atoms with Gasteiger partial charge in [0.05, 0.1) is 105 Å². The highest BCUT2D eigenvalue weighted by Crippen LogP contribution is 2.38. The number of thiazole rings is 1. The smallest absolute Gasteiger partial charge is 0.255 e. The molecule has 15 aromatic rings. The highest BCUT2D eigenvalue weighted by molar-refractivity contribution is 7.09. The first-order chi connectivity index (χ1) is 71.5. The summed E-state index contributed by atoms with van der Waals surface area (Å²) in [7, 11) is 0. The van der Waals surface area contributed by atoms with Crippen molar-refractivity contribution in [3.63, 3.8) is 0 Å². The van der Waals surface area contributed by atoms with E-state index in [0.29, 0.717) is 86.7 Å². The van der Waals surface area contributed by atoms with Crippen molar-refractivity contribution in [3.8, 4) is 39.8 Å². The van der Waals surface area contributed by atoms with Gasteiger partial charge in [0, 0.05) is 106 Å². The Kier molecular flexibility index (Phi) is 34.2. The molecule has 768 valence electrons. The fraction of sp³-hybridized carbons (Fsp3) is 0.302. The van der Waals surface area contributed by atoms with Crippen LogP contribution in [0.2, 0.25) is 0 Å². The lowest BCUT2D eigenvalue weighted by molar-refractivity contribution is -0.154. The molecule has 7 aromatic carbocycles. The van der Waals surface area contributed by atoms with E-state index in [4.69, 9.17) is 0 Å². The second-order valence-electron chi connectivity index (χ2n) is 36.1. The molecule has 0 saturated carbocycles. The first kappa shape index (κ1) is 105. The number of hydrogen-bond acceptors (Lipinski definition) is 25. The maximum absolute atomic E-state index is 13.6. The minimum atomic E-state index is -1.95. The number of halogens is 2. The number of para-hydroxylation sites is 1. The standard InChI is InChI=1S/2C28H29FN6O4.C28H30N6O4.C22H25N5O4S/c1-18(19-8-10-21(11-9-19)34-15-4-13-30-34)31-27(38)25(36)26(37)28(39)33-14-3-7-24(33)23-12-16-35(32-23)22-6-2-5-20(29)17-22;1-18(19-5-9-21(10-6-19)34-16-3-14-30-34)31-27(38)25(36)26(37)28(39)33-15-2-4-24(33)23-13-17-35(32-23)22-11-7-20(29)8-12-22;1-19(20-10-12-22(13-11-20)33-17-6-15-29-33)30-27(37)25(35)26(36)28(38)32-16-5-9-24(32)23-14-18-34(31-23)21-7-3-2-4-8-21;1-14(15-5-7-16(8-6-15)27-12-3-9-24-27)25-20(30)18(28)19(29)22(31)26-11-2-4-17(26)21-23-10-13-32-21/h2,4-6,8-13,15-18,24-26,36-37H,3,7,14H2,1H3,(H,31,38);3,5-14,16-18,24-26,36-37H,2,4,15H2,1H3,(H,31,38);2-4,6-8,10-15,17-19,24-26,35-36H,5,9,16H2,1H3,(H,30,37);3,5-10,12-14,17-19,28-29H,2,4,11H2,1H3,(H,25,30)/t2*18-,24-,25-,26-;19-,24-,25-,26-;14-,17?,18-,19-/m1111/s1. The summed E-state index contributed by atoms with van der Waals surface area (Å²) in [4.78, 5) is 113. The van der Waals surface area contributed by atoms with E-state index in [1.807, 2.05) is 194 Å². The van der Waals surface area contributed by atoms with E-state index in [0.717, 1.165) is 75.0 Å². The molecule has 8 amide bonds. The van der Waals surface area contributed by atoms with Crippen molar-refractivity contribution in [2.24, 2.45) is 0 Å². The number of amides is 8. The third kappa shape index (κ3) is 25.0. The number of aromatic nitrogens is 15. The van der Waals surface area contributed by atoms with Crippen LogP contribution in [0, 0.1) is 11.6 Å². The number of carbonyl (C=O) groups is 8. The van der Waals surface area contributed by atoms with Crippen LogP contribution in [0.3, 0.4) is 0 Å². The molecule has 39 nitrogen and oxygen atoms in total. The van der Waals surface area contributed by atoms with E-state index in [1.54, 1.807) is 136 Å². The van der Waals surface area contributed by atoms with Gasteiger partial charge in [-0.15, -0.1) is 11.3 Å². The molecule has 42 heteroatoms. The molecule has 8 aromatic heterocycles. The number of nitrogens with one attached hydrogen (secondary N) is 4. The van der Waals surface area contributed by atoms with E-state index >= 15 is 0 Å². The van der Waals surface area contributed by atoms with Crippen molar-refractivity contribution < 1.29 is 88.0 Å². The van der Waals surface area contributed by atoms with Gasteiger partial charge >= 0.3 is 0 Å². The fourth-order valence-corrected chi connectivity index (χ4v) is 18.9. The zero-order valence-corrected chi connectivity index (χ0v) is 81.8. The molecule has 16 atom stereocenters. The van der Waals surface area contributed by atoms with E-state index < -0.39 is 138 Å². The second kappa shape index (κ2) is 48.3. The molecule has 12 heterocycles. The van der Waals surface area contributed by atoms with E-state index in [1.165, 1.54) is 59.9 Å². The lowest BCUT2D eigenvalue weighted by Crippen LogP contribution is -2.51. The summed E-state index contributed by atoms with van der Waals surface area (Å²) in [5.41, 5.74) is 10.6. The Morgan fingerprint density at radius 2 is 0.574 bits per heavy atom. The fourth-order valence-electron chi connectivity index (χ4n) is 18.1. The third-order valence-electron chi connectivity index (χ3n) is 26.3. The lowest BCUT2D eigenvalue weighted by Gasteiger charge is -2.28. The number of nitrogens with zero attached hydrogens (tertiary/aromatic N) is 19. The van der Waals surface area contributed by atoms with Gasteiger partial charge in [-0.1, -0.05) is 72.8 Å². The molecule has 0 bridgehead atoms. The molecule has 12 N–H and O–H groups in total. The number of hydrogen-bond donors (Lipinski definition) is 12. The molecule has 4 aliphatic heterocycles. The zero-order valence-electron chi connectivity index (χ0n) is 81.0. The molecule has 148 heavy (non-hydrogen) atoms. The normalized spacial score (nSPS) is 17.9. The van der Waals surface area contributed by atoms with Crippen LogP contribution >= 0.6 is 11.3 Å². The maximum atomic E-state index is 13.6. The van der Waals surface area contributed by atoms with Crippen molar-refractivity contribution in [3.05, 3.63) is 354 Å². The first-order valence-corrected chi connectivity index (χ1v) is 49.3. The average Bonchev–Trinajstić information content (AvgIpc) is 1.67. The van der Waals surface area contributed by atoms with Crippen molar-refractivity contribution in [1.29, 1.82) is 0 Å². The molecule has 4 saturated heterocycles. The molecule has 4 fully saturated rings. The maximum Gasteiger partial charge on any atom is 0.255 e. The van der Waals surface area contributed by atoms with E-state index in [9.17, 15) is 88.0 Å².